The monoisotopic (exact) mass is 389 g/mol. The van der Waals surface area contributed by atoms with E-state index in [9.17, 15) is 18.4 Å². The van der Waals surface area contributed by atoms with Crippen molar-refractivity contribution >= 4 is 23.6 Å². The summed E-state index contributed by atoms with van der Waals surface area (Å²) in [5.41, 5.74) is 4.21. The van der Waals surface area contributed by atoms with Crippen LogP contribution in [0.15, 0.2) is 18.2 Å². The highest BCUT2D eigenvalue weighted by molar-refractivity contribution is 6.29. The molecule has 0 radical (unpaired) electrons. The quantitative estimate of drug-likeness (QED) is 0.779. The van der Waals surface area contributed by atoms with E-state index in [1.54, 1.807) is 19.9 Å². The number of hydrogen-bond acceptors (Lipinski definition) is 4. The molecule has 1 aromatic rings. The van der Waals surface area contributed by atoms with E-state index in [1.165, 1.54) is 12.1 Å². The molecular formula is C17H22ClF2N3O3. The van der Waals surface area contributed by atoms with Crippen LogP contribution in [0.4, 0.5) is 13.6 Å². The van der Waals surface area contributed by atoms with Gasteiger partial charge in [-0.25, -0.2) is 18.6 Å². The van der Waals surface area contributed by atoms with E-state index < -0.39 is 36.1 Å². The first-order valence-corrected chi connectivity index (χ1v) is 8.67. The van der Waals surface area contributed by atoms with Gasteiger partial charge in [-0.3, -0.25) is 4.79 Å². The number of rotatable bonds is 5. The second-order valence-electron chi connectivity index (χ2n) is 7.05. The van der Waals surface area contributed by atoms with Crippen molar-refractivity contribution in [2.45, 2.75) is 57.1 Å². The molecule has 1 saturated heterocycles. The largest absolute Gasteiger partial charge is 0.444 e. The molecule has 2 rings (SSSR count). The predicted molar refractivity (Wildman–Crippen MR) is 92.2 cm³/mol. The van der Waals surface area contributed by atoms with Crippen LogP contribution < -0.4 is 5.73 Å². The van der Waals surface area contributed by atoms with Crippen LogP contribution in [0.3, 0.4) is 0 Å². The lowest BCUT2D eigenvalue weighted by molar-refractivity contribution is -0.0757. The smallest absolute Gasteiger partial charge is 0.405 e. The maximum atomic E-state index is 13.9. The minimum atomic E-state index is -2.95. The van der Waals surface area contributed by atoms with Gasteiger partial charge in [0, 0.05) is 12.5 Å². The average molecular weight is 390 g/mol. The van der Waals surface area contributed by atoms with Gasteiger partial charge in [0.2, 0.25) is 0 Å². The summed E-state index contributed by atoms with van der Waals surface area (Å²) in [6.07, 6.45) is -0.295. The van der Waals surface area contributed by atoms with Gasteiger partial charge in [-0.05, 0) is 45.2 Å². The molecule has 2 N–H and O–H groups in total. The maximum absolute atomic E-state index is 13.9. The summed E-state index contributed by atoms with van der Waals surface area (Å²) in [7, 11) is 0. The van der Waals surface area contributed by atoms with Crippen LogP contribution in [0.25, 0.3) is 0 Å². The van der Waals surface area contributed by atoms with Crippen molar-refractivity contribution in [2.75, 3.05) is 6.54 Å². The third-order valence-corrected chi connectivity index (χ3v) is 4.55. The fraction of sp³-hybridized carbons (Fsp3) is 0.588. The lowest BCUT2D eigenvalue weighted by atomic mass is 9.91. The number of carbonyl (C=O) groups excluding carboxylic acids is 2. The number of nitrogens with zero attached hydrogens (tertiary/aromatic N) is 2. The van der Waals surface area contributed by atoms with Crippen LogP contribution in [0, 0.1) is 0 Å². The summed E-state index contributed by atoms with van der Waals surface area (Å²) in [5.74, 6) is -3.55. The standard InChI is InChI=1S/C17H22ClF2N3O3/c1-16(2,26-15(21)25)8-6-11-7-9-17(19,20)10-23(11)14(24)12-4-3-5-13(18)22-12/h3-5,11H,6-10H2,1-2H3,(H2,21,25)/t11-/m1/s1. The Hall–Kier alpha value is -1.96. The van der Waals surface area contributed by atoms with Crippen molar-refractivity contribution in [3.05, 3.63) is 29.0 Å². The zero-order valence-corrected chi connectivity index (χ0v) is 15.4. The first-order valence-electron chi connectivity index (χ1n) is 8.29. The summed E-state index contributed by atoms with van der Waals surface area (Å²) >= 11 is 5.80. The number of piperidine rings is 1. The van der Waals surface area contributed by atoms with E-state index in [2.05, 4.69) is 4.98 Å². The van der Waals surface area contributed by atoms with Gasteiger partial charge >= 0.3 is 6.09 Å². The minimum absolute atomic E-state index is 0.0212. The van der Waals surface area contributed by atoms with E-state index in [-0.39, 0.29) is 23.7 Å². The summed E-state index contributed by atoms with van der Waals surface area (Å²) in [5, 5.41) is 0.118. The number of ether oxygens (including phenoxy) is 1. The van der Waals surface area contributed by atoms with Crippen LogP contribution in [0.2, 0.25) is 5.15 Å². The molecule has 1 atom stereocenters. The lowest BCUT2D eigenvalue weighted by Crippen LogP contribution is -2.52. The molecule has 0 spiro atoms. The van der Waals surface area contributed by atoms with E-state index in [0.29, 0.717) is 12.8 Å². The summed E-state index contributed by atoms with van der Waals surface area (Å²) in [6, 6.07) is 4.07. The van der Waals surface area contributed by atoms with E-state index in [0.717, 1.165) is 4.90 Å². The third-order valence-electron chi connectivity index (χ3n) is 4.34. The topological polar surface area (TPSA) is 85.5 Å². The van der Waals surface area contributed by atoms with E-state index >= 15 is 0 Å². The molecule has 1 aliphatic heterocycles. The van der Waals surface area contributed by atoms with Gasteiger partial charge in [-0.15, -0.1) is 0 Å². The van der Waals surface area contributed by atoms with Crippen molar-refractivity contribution in [1.29, 1.82) is 0 Å². The Morgan fingerprint density at radius 3 is 2.77 bits per heavy atom. The van der Waals surface area contributed by atoms with Gasteiger partial charge in [0.1, 0.15) is 16.4 Å². The fourth-order valence-electron chi connectivity index (χ4n) is 3.04. The van der Waals surface area contributed by atoms with Crippen molar-refractivity contribution < 1.29 is 23.1 Å². The maximum Gasteiger partial charge on any atom is 0.405 e. The number of amides is 2. The molecule has 26 heavy (non-hydrogen) atoms. The van der Waals surface area contributed by atoms with Crippen LogP contribution in [0.1, 0.15) is 50.0 Å². The average Bonchev–Trinajstić information content (AvgIpc) is 2.51. The Morgan fingerprint density at radius 1 is 1.46 bits per heavy atom. The Labute approximate surface area is 155 Å². The van der Waals surface area contributed by atoms with Gasteiger partial charge in [-0.1, -0.05) is 17.7 Å². The molecule has 144 valence electrons. The fourth-order valence-corrected chi connectivity index (χ4v) is 3.20. The molecule has 1 fully saturated rings. The van der Waals surface area contributed by atoms with Crippen LogP contribution in [-0.4, -0.2) is 46.0 Å². The molecule has 0 unspecified atom stereocenters. The predicted octanol–water partition coefficient (Wildman–Crippen LogP) is 3.63. The van der Waals surface area contributed by atoms with Crippen molar-refractivity contribution in [3.8, 4) is 0 Å². The van der Waals surface area contributed by atoms with Gasteiger partial charge in [-0.2, -0.15) is 0 Å². The zero-order valence-electron chi connectivity index (χ0n) is 14.7. The highest BCUT2D eigenvalue weighted by Crippen LogP contribution is 2.34. The van der Waals surface area contributed by atoms with Gasteiger partial charge in [0.05, 0.1) is 6.54 Å². The first kappa shape index (κ1) is 20.4. The first-order chi connectivity index (χ1) is 12.0. The zero-order chi connectivity index (χ0) is 19.5. The SMILES string of the molecule is CC(C)(CC[C@@H]1CCC(F)(F)CN1C(=O)c1cccc(Cl)n1)OC(N)=O. The third kappa shape index (κ3) is 5.52. The normalized spacial score (nSPS) is 19.9. The Balaban J connectivity index is 2.15. The van der Waals surface area contributed by atoms with Crippen LogP contribution in [-0.2, 0) is 4.74 Å². The van der Waals surface area contributed by atoms with Crippen molar-refractivity contribution in [1.82, 2.24) is 9.88 Å². The molecule has 2 amide bonds. The number of halogens is 3. The van der Waals surface area contributed by atoms with Crippen molar-refractivity contribution in [2.24, 2.45) is 5.73 Å². The van der Waals surface area contributed by atoms with Gasteiger partial charge < -0.3 is 15.4 Å². The number of hydrogen-bond donors (Lipinski definition) is 1. The second-order valence-corrected chi connectivity index (χ2v) is 7.43. The second kappa shape index (κ2) is 7.73. The molecule has 9 heteroatoms. The molecular weight excluding hydrogens is 368 g/mol. The summed E-state index contributed by atoms with van der Waals surface area (Å²) in [6.45, 7) is 2.68. The molecule has 1 aromatic heterocycles. The molecule has 0 aromatic carbocycles. The highest BCUT2D eigenvalue weighted by atomic mass is 35.5. The lowest BCUT2D eigenvalue weighted by Gasteiger charge is -2.40. The molecule has 0 aliphatic carbocycles. The molecule has 0 saturated carbocycles. The number of likely N-dealkylation sites (tertiary alicyclic amines) is 1. The summed E-state index contributed by atoms with van der Waals surface area (Å²) < 4.78 is 32.8. The molecule has 6 nitrogen and oxygen atoms in total. The number of aromatic nitrogens is 1. The Kier molecular flexibility index (Phi) is 6.05. The number of pyridine rings is 1. The van der Waals surface area contributed by atoms with Gasteiger partial charge in [0.25, 0.3) is 11.8 Å². The summed E-state index contributed by atoms with van der Waals surface area (Å²) in [4.78, 5) is 28.7. The number of carbonyl (C=O) groups is 2. The molecule has 0 bridgehead atoms. The van der Waals surface area contributed by atoms with Gasteiger partial charge in [0.15, 0.2) is 0 Å². The number of alkyl halides is 2. The van der Waals surface area contributed by atoms with E-state index in [1.807, 2.05) is 0 Å². The number of primary amides is 1. The van der Waals surface area contributed by atoms with Crippen LogP contribution >= 0.6 is 11.6 Å². The van der Waals surface area contributed by atoms with Crippen molar-refractivity contribution in [3.63, 3.8) is 0 Å². The Bertz CT molecular complexity index is 685. The molecule has 1 aliphatic rings. The van der Waals surface area contributed by atoms with Crippen LogP contribution in [0.5, 0.6) is 0 Å². The Morgan fingerprint density at radius 2 is 2.15 bits per heavy atom. The minimum Gasteiger partial charge on any atom is -0.444 e. The van der Waals surface area contributed by atoms with E-state index in [4.69, 9.17) is 22.1 Å². The number of nitrogens with two attached hydrogens (primary N) is 1. The molecule has 2 heterocycles. The highest BCUT2D eigenvalue weighted by Gasteiger charge is 2.43.